The Morgan fingerprint density at radius 1 is 1.19 bits per heavy atom. The maximum absolute atomic E-state index is 13.1. The number of rotatable bonds is 2. The summed E-state index contributed by atoms with van der Waals surface area (Å²) in [6, 6.07) is 10.6. The smallest absolute Gasteiger partial charge is 0.258 e. The number of hydrogen-bond acceptors (Lipinski definition) is 2. The summed E-state index contributed by atoms with van der Waals surface area (Å²) in [6.45, 7) is 4.79. The molecule has 2 aromatic rings. The monoisotopic (exact) mass is 284 g/mol. The highest BCUT2D eigenvalue weighted by molar-refractivity contribution is 6.07. The van der Waals surface area contributed by atoms with Crippen LogP contribution in [0.5, 0.6) is 0 Å². The van der Waals surface area contributed by atoms with Crippen LogP contribution in [0.15, 0.2) is 36.4 Å². The lowest BCUT2D eigenvalue weighted by Gasteiger charge is -2.17. The third-order valence-electron chi connectivity index (χ3n) is 3.85. The molecule has 1 aromatic carbocycles. The molecule has 0 saturated carbocycles. The molecular formula is C17H17FN2O. The Labute approximate surface area is 123 Å². The van der Waals surface area contributed by atoms with Gasteiger partial charge in [-0.15, -0.1) is 0 Å². The van der Waals surface area contributed by atoms with Gasteiger partial charge in [-0.2, -0.15) is 4.39 Å². The summed E-state index contributed by atoms with van der Waals surface area (Å²) in [5.74, 6) is -0.115. The number of benzene rings is 1. The molecule has 2 heterocycles. The largest absolute Gasteiger partial charge is 0.306 e. The summed E-state index contributed by atoms with van der Waals surface area (Å²) in [5, 5.41) is 0. The van der Waals surface area contributed by atoms with E-state index in [4.69, 9.17) is 0 Å². The van der Waals surface area contributed by atoms with E-state index in [0.717, 1.165) is 0 Å². The van der Waals surface area contributed by atoms with Gasteiger partial charge in [0.1, 0.15) is 0 Å². The molecule has 0 saturated heterocycles. The molecule has 0 radical (unpaired) electrons. The number of nitrogens with zero attached hydrogens (tertiary/aromatic N) is 2. The molecule has 0 fully saturated rings. The van der Waals surface area contributed by atoms with Gasteiger partial charge < -0.3 is 4.90 Å². The Morgan fingerprint density at radius 3 is 2.57 bits per heavy atom. The van der Waals surface area contributed by atoms with Crippen LogP contribution in [0.2, 0.25) is 0 Å². The molecule has 0 bridgehead atoms. The van der Waals surface area contributed by atoms with Crippen LogP contribution in [-0.2, 0) is 6.42 Å². The van der Waals surface area contributed by atoms with E-state index in [1.807, 2.05) is 24.3 Å². The van der Waals surface area contributed by atoms with Crippen molar-refractivity contribution in [3.63, 3.8) is 0 Å². The van der Waals surface area contributed by atoms with Gasteiger partial charge in [0.15, 0.2) is 0 Å². The Kier molecular flexibility index (Phi) is 3.45. The van der Waals surface area contributed by atoms with Crippen LogP contribution in [0.25, 0.3) is 0 Å². The van der Waals surface area contributed by atoms with E-state index in [1.165, 1.54) is 11.6 Å². The molecule has 21 heavy (non-hydrogen) atoms. The van der Waals surface area contributed by atoms with Gasteiger partial charge in [0.25, 0.3) is 5.91 Å². The molecule has 1 aliphatic rings. The normalized spacial score (nSPS) is 13.6. The number of hydrogen-bond donors (Lipinski definition) is 0. The van der Waals surface area contributed by atoms with Gasteiger partial charge >= 0.3 is 0 Å². The Hall–Kier alpha value is -2.23. The molecule has 1 aliphatic heterocycles. The van der Waals surface area contributed by atoms with E-state index in [-0.39, 0.29) is 5.91 Å². The highest BCUT2D eigenvalue weighted by Crippen LogP contribution is 2.28. The standard InChI is InChI=1S/C17H17FN2O/c1-11(2)12-3-5-13(6-4-12)17(21)20-10-9-14-15(20)7-8-16(18)19-14/h3-8,11H,9-10H2,1-2H3. The van der Waals surface area contributed by atoms with Crippen molar-refractivity contribution < 1.29 is 9.18 Å². The Bertz CT molecular complexity index is 680. The van der Waals surface area contributed by atoms with Crippen LogP contribution in [0.1, 0.15) is 41.4 Å². The summed E-state index contributed by atoms with van der Waals surface area (Å²) in [7, 11) is 0. The first-order chi connectivity index (χ1) is 10.1. The lowest BCUT2D eigenvalue weighted by molar-refractivity contribution is 0.0989. The molecule has 108 valence electrons. The fraction of sp³-hybridized carbons (Fsp3) is 0.294. The zero-order valence-corrected chi connectivity index (χ0v) is 12.1. The van der Waals surface area contributed by atoms with Crippen molar-refractivity contribution in [3.8, 4) is 0 Å². The number of carbonyl (C=O) groups excluding carboxylic acids is 1. The van der Waals surface area contributed by atoms with Crippen molar-refractivity contribution in [3.05, 3.63) is 59.2 Å². The summed E-state index contributed by atoms with van der Waals surface area (Å²) in [6.07, 6.45) is 0.600. The highest BCUT2D eigenvalue weighted by Gasteiger charge is 2.26. The quantitative estimate of drug-likeness (QED) is 0.790. The molecule has 0 aliphatic carbocycles. The first kappa shape index (κ1) is 13.7. The van der Waals surface area contributed by atoms with Crippen molar-refractivity contribution in [2.24, 2.45) is 0 Å². The van der Waals surface area contributed by atoms with Crippen molar-refractivity contribution in [1.29, 1.82) is 0 Å². The minimum absolute atomic E-state index is 0.0579. The molecule has 0 spiro atoms. The zero-order valence-electron chi connectivity index (χ0n) is 12.1. The van der Waals surface area contributed by atoms with Gasteiger partial charge in [0, 0.05) is 18.5 Å². The lowest BCUT2D eigenvalue weighted by Crippen LogP contribution is -2.28. The number of fused-ring (bicyclic) bond motifs is 1. The van der Waals surface area contributed by atoms with Gasteiger partial charge in [-0.05, 0) is 35.7 Å². The van der Waals surface area contributed by atoms with Gasteiger partial charge in [0.05, 0.1) is 11.4 Å². The van der Waals surface area contributed by atoms with Crippen molar-refractivity contribution in [2.75, 3.05) is 11.4 Å². The average molecular weight is 284 g/mol. The third kappa shape index (κ3) is 2.53. The molecule has 4 heteroatoms. The van der Waals surface area contributed by atoms with E-state index >= 15 is 0 Å². The van der Waals surface area contributed by atoms with Crippen LogP contribution in [0, 0.1) is 5.95 Å². The van der Waals surface area contributed by atoms with Crippen molar-refractivity contribution >= 4 is 11.6 Å². The predicted octanol–water partition coefficient (Wildman–Crippen LogP) is 3.55. The van der Waals surface area contributed by atoms with E-state index in [0.29, 0.717) is 35.8 Å². The second kappa shape index (κ2) is 5.28. The van der Waals surface area contributed by atoms with Gasteiger partial charge in [-0.25, -0.2) is 4.98 Å². The van der Waals surface area contributed by atoms with E-state index in [2.05, 4.69) is 18.8 Å². The second-order valence-corrected chi connectivity index (χ2v) is 5.58. The number of anilines is 1. The maximum atomic E-state index is 13.1. The average Bonchev–Trinajstić information content (AvgIpc) is 2.89. The maximum Gasteiger partial charge on any atom is 0.258 e. The molecule has 1 amide bonds. The number of aromatic nitrogens is 1. The molecule has 3 nitrogen and oxygen atoms in total. The zero-order chi connectivity index (χ0) is 15.0. The van der Waals surface area contributed by atoms with E-state index in [9.17, 15) is 9.18 Å². The van der Waals surface area contributed by atoms with Crippen LogP contribution in [0.3, 0.4) is 0 Å². The SMILES string of the molecule is CC(C)c1ccc(C(=O)N2CCc3nc(F)ccc32)cc1. The molecule has 0 N–H and O–H groups in total. The number of halogens is 1. The van der Waals surface area contributed by atoms with Crippen LogP contribution in [0.4, 0.5) is 10.1 Å². The van der Waals surface area contributed by atoms with Crippen LogP contribution < -0.4 is 4.90 Å². The van der Waals surface area contributed by atoms with Gasteiger partial charge in [0.2, 0.25) is 5.95 Å². The molecule has 3 rings (SSSR count). The van der Waals surface area contributed by atoms with E-state index < -0.39 is 5.95 Å². The summed E-state index contributed by atoms with van der Waals surface area (Å²) in [5.41, 5.74) is 3.23. The topological polar surface area (TPSA) is 33.2 Å². The van der Waals surface area contributed by atoms with Gasteiger partial charge in [-0.1, -0.05) is 26.0 Å². The minimum atomic E-state index is -0.496. The molecule has 1 aromatic heterocycles. The number of amides is 1. The number of pyridine rings is 1. The van der Waals surface area contributed by atoms with E-state index in [1.54, 1.807) is 11.0 Å². The fourth-order valence-corrected chi connectivity index (χ4v) is 2.61. The number of carbonyl (C=O) groups is 1. The van der Waals surface area contributed by atoms with Gasteiger partial charge in [-0.3, -0.25) is 4.79 Å². The summed E-state index contributed by atoms with van der Waals surface area (Å²) >= 11 is 0. The summed E-state index contributed by atoms with van der Waals surface area (Å²) < 4.78 is 13.1. The summed E-state index contributed by atoms with van der Waals surface area (Å²) in [4.78, 5) is 18.1. The second-order valence-electron chi connectivity index (χ2n) is 5.58. The Balaban J connectivity index is 1.87. The first-order valence-corrected chi connectivity index (χ1v) is 7.13. The van der Waals surface area contributed by atoms with Crippen LogP contribution in [-0.4, -0.2) is 17.4 Å². The first-order valence-electron chi connectivity index (χ1n) is 7.13. The minimum Gasteiger partial charge on any atom is -0.306 e. The van der Waals surface area contributed by atoms with Crippen molar-refractivity contribution in [1.82, 2.24) is 4.98 Å². The van der Waals surface area contributed by atoms with Crippen LogP contribution >= 0.6 is 0 Å². The molecular weight excluding hydrogens is 267 g/mol. The van der Waals surface area contributed by atoms with Crippen molar-refractivity contribution in [2.45, 2.75) is 26.2 Å². The Morgan fingerprint density at radius 2 is 1.90 bits per heavy atom. The molecule has 0 atom stereocenters. The fourth-order valence-electron chi connectivity index (χ4n) is 2.61. The predicted molar refractivity (Wildman–Crippen MR) is 80.1 cm³/mol. The molecule has 0 unspecified atom stereocenters. The third-order valence-corrected chi connectivity index (χ3v) is 3.85. The lowest BCUT2D eigenvalue weighted by atomic mass is 10.0. The highest BCUT2D eigenvalue weighted by atomic mass is 19.1.